The van der Waals surface area contributed by atoms with Crippen molar-refractivity contribution in [1.29, 1.82) is 0 Å². The van der Waals surface area contributed by atoms with Crippen LogP contribution in [0.1, 0.15) is 5.69 Å². The first-order valence-corrected chi connectivity index (χ1v) is 10.5. The molecule has 0 radical (unpaired) electrons. The van der Waals surface area contributed by atoms with E-state index in [1.165, 1.54) is 23.5 Å². The van der Waals surface area contributed by atoms with Crippen LogP contribution >= 0.6 is 23.1 Å². The first-order chi connectivity index (χ1) is 13.9. The van der Waals surface area contributed by atoms with Crippen LogP contribution in [0.15, 0.2) is 45.7 Å². The lowest BCUT2D eigenvalue weighted by Crippen LogP contribution is -2.17. The van der Waals surface area contributed by atoms with Crippen molar-refractivity contribution in [2.24, 2.45) is 7.05 Å². The van der Waals surface area contributed by atoms with Gasteiger partial charge in [-0.25, -0.2) is 9.37 Å². The summed E-state index contributed by atoms with van der Waals surface area (Å²) in [4.78, 5) is 32.6. The maximum absolute atomic E-state index is 13.2. The fourth-order valence-corrected chi connectivity index (χ4v) is 4.55. The van der Waals surface area contributed by atoms with Gasteiger partial charge in [0, 0.05) is 24.1 Å². The van der Waals surface area contributed by atoms with Crippen molar-refractivity contribution >= 4 is 45.0 Å². The minimum Gasteiger partial charge on any atom is -0.310 e. The highest BCUT2D eigenvalue weighted by Crippen LogP contribution is 2.31. The molecule has 3 heterocycles. The first-order valence-electron chi connectivity index (χ1n) is 8.61. The molecule has 0 saturated carbocycles. The molecular formula is C19H16FN5O2S2. The van der Waals surface area contributed by atoms with Gasteiger partial charge in [-0.2, -0.15) is 5.10 Å². The monoisotopic (exact) mass is 429 g/mol. The van der Waals surface area contributed by atoms with E-state index in [1.807, 2.05) is 12.3 Å². The molecule has 4 rings (SSSR count). The number of benzene rings is 1. The zero-order valence-electron chi connectivity index (χ0n) is 15.5. The predicted octanol–water partition coefficient (Wildman–Crippen LogP) is 3.56. The summed E-state index contributed by atoms with van der Waals surface area (Å²) in [5.74, 6) is 0.138. The number of aromatic amines is 1. The zero-order chi connectivity index (χ0) is 20.5. The molecule has 0 aliphatic carbocycles. The molecule has 0 atom stereocenters. The van der Waals surface area contributed by atoms with Crippen LogP contribution in [-0.2, 0) is 11.8 Å². The van der Waals surface area contributed by atoms with Crippen molar-refractivity contribution in [2.75, 3.05) is 11.1 Å². The summed E-state index contributed by atoms with van der Waals surface area (Å²) in [6.45, 7) is 1.84. The highest BCUT2D eigenvalue weighted by atomic mass is 32.2. The number of aryl methyl sites for hydroxylation is 2. The first kappa shape index (κ1) is 19.3. The Morgan fingerprint density at radius 2 is 2.10 bits per heavy atom. The SMILES string of the molecule is Cc1cc(NC(=O)CSc2nc3scc(-c4ccc(F)cc4)c3c(=O)[nH]2)n(C)n1. The lowest BCUT2D eigenvalue weighted by Gasteiger charge is -2.05. The standard InChI is InChI=1S/C19H16FN5O2S2/c1-10-7-14(25(2)24-10)21-15(26)9-29-19-22-17(27)16-13(8-28-18(16)23-19)11-3-5-12(20)6-4-11/h3-8H,9H2,1-2H3,(H,21,26)(H,22,23,27). The molecule has 0 aliphatic heterocycles. The molecule has 29 heavy (non-hydrogen) atoms. The van der Waals surface area contributed by atoms with Gasteiger partial charge in [-0.1, -0.05) is 23.9 Å². The van der Waals surface area contributed by atoms with Crippen LogP contribution in [0.25, 0.3) is 21.3 Å². The molecule has 0 bridgehead atoms. The van der Waals surface area contributed by atoms with Crippen LogP contribution in [0.3, 0.4) is 0 Å². The van der Waals surface area contributed by atoms with E-state index in [1.54, 1.807) is 29.9 Å². The number of rotatable bonds is 5. The number of nitrogens with zero attached hydrogens (tertiary/aromatic N) is 3. The number of H-pyrrole nitrogens is 1. The van der Waals surface area contributed by atoms with Crippen LogP contribution < -0.4 is 10.9 Å². The second kappa shape index (κ2) is 7.80. The van der Waals surface area contributed by atoms with Gasteiger partial charge in [-0.3, -0.25) is 14.3 Å². The number of carbonyl (C=O) groups is 1. The van der Waals surface area contributed by atoms with E-state index >= 15 is 0 Å². The van der Waals surface area contributed by atoms with E-state index in [2.05, 4.69) is 20.4 Å². The Hall–Kier alpha value is -2.98. The average molecular weight is 430 g/mol. The lowest BCUT2D eigenvalue weighted by atomic mass is 10.1. The fourth-order valence-electron chi connectivity index (χ4n) is 2.88. The summed E-state index contributed by atoms with van der Waals surface area (Å²) in [6, 6.07) is 7.74. The average Bonchev–Trinajstić information content (AvgIpc) is 3.24. The lowest BCUT2D eigenvalue weighted by molar-refractivity contribution is -0.113. The molecule has 0 aliphatic rings. The van der Waals surface area contributed by atoms with Crippen LogP contribution in [0.2, 0.25) is 0 Å². The van der Waals surface area contributed by atoms with Gasteiger partial charge in [0.15, 0.2) is 5.16 Å². The largest absolute Gasteiger partial charge is 0.310 e. The van der Waals surface area contributed by atoms with Crippen molar-refractivity contribution < 1.29 is 9.18 Å². The molecule has 3 aromatic heterocycles. The topological polar surface area (TPSA) is 92.7 Å². The number of fused-ring (bicyclic) bond motifs is 1. The van der Waals surface area contributed by atoms with E-state index in [0.717, 1.165) is 23.0 Å². The number of halogens is 1. The molecule has 0 fully saturated rings. The van der Waals surface area contributed by atoms with Crippen LogP contribution in [-0.4, -0.2) is 31.4 Å². The second-order valence-corrected chi connectivity index (χ2v) is 8.16. The minimum atomic E-state index is -0.335. The van der Waals surface area contributed by atoms with Crippen LogP contribution in [0.5, 0.6) is 0 Å². The van der Waals surface area contributed by atoms with Gasteiger partial charge in [-0.05, 0) is 24.6 Å². The van der Waals surface area contributed by atoms with Crippen LogP contribution in [0.4, 0.5) is 10.2 Å². The fraction of sp³-hybridized carbons (Fsp3) is 0.158. The number of anilines is 1. The predicted molar refractivity (Wildman–Crippen MR) is 113 cm³/mol. The minimum absolute atomic E-state index is 0.0921. The quantitative estimate of drug-likeness (QED) is 0.374. The number of thioether (sulfide) groups is 1. The molecule has 1 amide bonds. The third-order valence-corrected chi connectivity index (χ3v) is 5.93. The van der Waals surface area contributed by atoms with Crippen molar-refractivity contribution in [3.63, 3.8) is 0 Å². The van der Waals surface area contributed by atoms with Gasteiger partial charge in [0.1, 0.15) is 16.5 Å². The number of aromatic nitrogens is 4. The molecule has 148 valence electrons. The molecule has 0 spiro atoms. The summed E-state index contributed by atoms with van der Waals surface area (Å²) in [7, 11) is 1.75. The van der Waals surface area contributed by atoms with Crippen molar-refractivity contribution in [2.45, 2.75) is 12.1 Å². The molecule has 1 aromatic carbocycles. The normalized spacial score (nSPS) is 11.1. The Balaban J connectivity index is 1.52. The molecule has 0 saturated heterocycles. The van der Waals surface area contributed by atoms with Gasteiger partial charge in [0.05, 0.1) is 16.8 Å². The third-order valence-electron chi connectivity index (χ3n) is 4.19. The number of amides is 1. The summed E-state index contributed by atoms with van der Waals surface area (Å²) in [6.07, 6.45) is 0. The van der Waals surface area contributed by atoms with Gasteiger partial charge in [-0.15, -0.1) is 11.3 Å². The number of hydrogen-bond acceptors (Lipinski definition) is 6. The maximum atomic E-state index is 13.2. The van der Waals surface area contributed by atoms with Gasteiger partial charge < -0.3 is 10.3 Å². The Morgan fingerprint density at radius 1 is 1.34 bits per heavy atom. The van der Waals surface area contributed by atoms with Crippen molar-refractivity contribution in [1.82, 2.24) is 19.7 Å². The van der Waals surface area contributed by atoms with E-state index < -0.39 is 0 Å². The highest BCUT2D eigenvalue weighted by molar-refractivity contribution is 7.99. The smallest absolute Gasteiger partial charge is 0.260 e. The Labute approximate surface area is 173 Å². The van der Waals surface area contributed by atoms with E-state index in [4.69, 9.17) is 0 Å². The molecule has 0 unspecified atom stereocenters. The Morgan fingerprint density at radius 3 is 2.79 bits per heavy atom. The Kier molecular flexibility index (Phi) is 5.20. The Bertz CT molecular complexity index is 1260. The number of hydrogen-bond donors (Lipinski definition) is 2. The van der Waals surface area contributed by atoms with E-state index in [9.17, 15) is 14.0 Å². The molecule has 7 nitrogen and oxygen atoms in total. The van der Waals surface area contributed by atoms with Gasteiger partial charge >= 0.3 is 0 Å². The van der Waals surface area contributed by atoms with E-state index in [-0.39, 0.29) is 23.0 Å². The second-order valence-electron chi connectivity index (χ2n) is 6.34. The summed E-state index contributed by atoms with van der Waals surface area (Å²) >= 11 is 2.48. The summed E-state index contributed by atoms with van der Waals surface area (Å²) in [5, 5.41) is 9.60. The van der Waals surface area contributed by atoms with Crippen LogP contribution in [0, 0.1) is 12.7 Å². The van der Waals surface area contributed by atoms with Gasteiger partial charge in [0.2, 0.25) is 5.91 Å². The van der Waals surface area contributed by atoms with E-state index in [0.29, 0.717) is 26.8 Å². The molecule has 2 N–H and O–H groups in total. The van der Waals surface area contributed by atoms with Gasteiger partial charge in [0.25, 0.3) is 5.56 Å². The number of carbonyl (C=O) groups excluding carboxylic acids is 1. The number of nitrogens with one attached hydrogen (secondary N) is 2. The highest BCUT2D eigenvalue weighted by Gasteiger charge is 2.14. The maximum Gasteiger partial charge on any atom is 0.260 e. The summed E-state index contributed by atoms with van der Waals surface area (Å²) in [5.41, 5.74) is 1.97. The molecular weight excluding hydrogens is 413 g/mol. The third kappa shape index (κ3) is 4.08. The summed E-state index contributed by atoms with van der Waals surface area (Å²) < 4.78 is 14.8. The zero-order valence-corrected chi connectivity index (χ0v) is 17.2. The molecule has 4 aromatic rings. The van der Waals surface area contributed by atoms with Crippen molar-refractivity contribution in [3.05, 3.63) is 57.6 Å². The van der Waals surface area contributed by atoms with Crippen molar-refractivity contribution in [3.8, 4) is 11.1 Å². The molecule has 10 heteroatoms. The number of thiophene rings is 1.